The number of halogens is 1. The summed E-state index contributed by atoms with van der Waals surface area (Å²) in [5.74, 6) is 1.90. The van der Waals surface area contributed by atoms with Crippen LogP contribution < -0.4 is 5.32 Å². The summed E-state index contributed by atoms with van der Waals surface area (Å²) in [6, 6.07) is 3.90. The van der Waals surface area contributed by atoms with E-state index in [2.05, 4.69) is 33.1 Å². The second-order valence-electron chi connectivity index (χ2n) is 6.10. The van der Waals surface area contributed by atoms with E-state index in [1.165, 1.54) is 0 Å². The molecule has 134 valence electrons. The summed E-state index contributed by atoms with van der Waals surface area (Å²) in [7, 11) is 0. The van der Waals surface area contributed by atoms with Gasteiger partial charge in [0.25, 0.3) is 0 Å². The quantitative estimate of drug-likeness (QED) is 0.608. The molecule has 3 heterocycles. The van der Waals surface area contributed by atoms with Crippen LogP contribution in [0.4, 0.5) is 0 Å². The number of nitrogens with zero attached hydrogens (tertiary/aromatic N) is 2. The molecule has 0 aromatic carbocycles. The maximum atomic E-state index is 5.93. The number of morpholine rings is 1. The molecular formula is C17H26BrN3O3. The van der Waals surface area contributed by atoms with Gasteiger partial charge in [0.05, 0.1) is 12.7 Å². The first-order valence-corrected chi connectivity index (χ1v) is 9.56. The first-order valence-electron chi connectivity index (χ1n) is 8.77. The molecule has 2 unspecified atom stereocenters. The smallest absolute Gasteiger partial charge is 0.194 e. The molecule has 0 radical (unpaired) electrons. The van der Waals surface area contributed by atoms with Gasteiger partial charge in [0.2, 0.25) is 0 Å². The normalized spacial score (nSPS) is 25.2. The van der Waals surface area contributed by atoms with Crippen molar-refractivity contribution in [3.8, 4) is 0 Å². The van der Waals surface area contributed by atoms with E-state index < -0.39 is 0 Å². The topological polar surface area (TPSA) is 59.2 Å². The molecule has 1 aromatic rings. The van der Waals surface area contributed by atoms with Crippen LogP contribution in [0.2, 0.25) is 0 Å². The molecule has 6 nitrogen and oxygen atoms in total. The van der Waals surface area contributed by atoms with Crippen molar-refractivity contribution in [3.63, 3.8) is 0 Å². The van der Waals surface area contributed by atoms with Crippen LogP contribution in [0.3, 0.4) is 0 Å². The Morgan fingerprint density at radius 2 is 2.21 bits per heavy atom. The van der Waals surface area contributed by atoms with Crippen LogP contribution in [-0.4, -0.2) is 62.5 Å². The second-order valence-corrected chi connectivity index (χ2v) is 6.88. The van der Waals surface area contributed by atoms with Gasteiger partial charge >= 0.3 is 0 Å². The van der Waals surface area contributed by atoms with Crippen LogP contribution in [0.15, 0.2) is 26.2 Å². The van der Waals surface area contributed by atoms with E-state index in [4.69, 9.17) is 18.9 Å². The van der Waals surface area contributed by atoms with Crippen molar-refractivity contribution in [2.45, 2.75) is 38.4 Å². The molecule has 2 aliphatic heterocycles. The molecule has 1 aromatic heterocycles. The fourth-order valence-electron chi connectivity index (χ4n) is 3.17. The van der Waals surface area contributed by atoms with Crippen LogP contribution in [-0.2, 0) is 15.9 Å². The Labute approximate surface area is 151 Å². The van der Waals surface area contributed by atoms with Gasteiger partial charge in [-0.05, 0) is 47.8 Å². The number of hydrogen-bond acceptors (Lipinski definition) is 4. The zero-order chi connectivity index (χ0) is 16.8. The summed E-state index contributed by atoms with van der Waals surface area (Å²) in [6.07, 6.45) is 3.40. The van der Waals surface area contributed by atoms with E-state index in [-0.39, 0.29) is 12.2 Å². The Hall–Kier alpha value is -1.05. The van der Waals surface area contributed by atoms with Gasteiger partial charge in [0, 0.05) is 39.2 Å². The van der Waals surface area contributed by atoms with E-state index in [1.807, 2.05) is 12.1 Å². The number of nitrogens with one attached hydrogen (secondary N) is 1. The van der Waals surface area contributed by atoms with Gasteiger partial charge in [-0.2, -0.15) is 0 Å². The largest absolute Gasteiger partial charge is 0.454 e. The van der Waals surface area contributed by atoms with Crippen molar-refractivity contribution >= 4 is 21.9 Å². The molecular weight excluding hydrogens is 374 g/mol. The highest BCUT2D eigenvalue weighted by Gasteiger charge is 2.32. The standard InChI is InChI=1S/C17H26BrN3O3/c1-2-19-17(20-8-7-13-5-6-16(18)24-13)21-9-11-23-15(12-21)14-4-3-10-22-14/h5-6,14-15H,2-4,7-12H2,1H3,(H,19,20). The monoisotopic (exact) mass is 399 g/mol. The third kappa shape index (κ3) is 4.74. The van der Waals surface area contributed by atoms with E-state index in [0.29, 0.717) is 6.54 Å². The summed E-state index contributed by atoms with van der Waals surface area (Å²) in [5.41, 5.74) is 0. The van der Waals surface area contributed by atoms with Gasteiger partial charge in [0.15, 0.2) is 10.6 Å². The predicted molar refractivity (Wildman–Crippen MR) is 96.4 cm³/mol. The SMILES string of the molecule is CCNC(=NCCc1ccc(Br)o1)N1CCOC(C2CCCO2)C1. The Bertz CT molecular complexity index is 543. The van der Waals surface area contributed by atoms with Crippen LogP contribution in [0.25, 0.3) is 0 Å². The summed E-state index contributed by atoms with van der Waals surface area (Å²) < 4.78 is 18.0. The highest BCUT2D eigenvalue weighted by molar-refractivity contribution is 9.10. The van der Waals surface area contributed by atoms with Gasteiger partial charge in [-0.15, -0.1) is 0 Å². The number of guanidine groups is 1. The van der Waals surface area contributed by atoms with Crippen LogP contribution in [0, 0.1) is 0 Å². The Morgan fingerprint density at radius 1 is 1.33 bits per heavy atom. The average molecular weight is 400 g/mol. The molecule has 2 fully saturated rings. The van der Waals surface area contributed by atoms with Crippen LogP contribution in [0.1, 0.15) is 25.5 Å². The van der Waals surface area contributed by atoms with E-state index in [0.717, 1.165) is 68.5 Å². The fraction of sp³-hybridized carbons (Fsp3) is 0.706. The van der Waals surface area contributed by atoms with Crippen molar-refractivity contribution in [2.75, 3.05) is 39.4 Å². The van der Waals surface area contributed by atoms with Gasteiger partial charge in [-0.1, -0.05) is 0 Å². The molecule has 24 heavy (non-hydrogen) atoms. The highest BCUT2D eigenvalue weighted by Crippen LogP contribution is 2.21. The third-order valence-electron chi connectivity index (χ3n) is 4.36. The van der Waals surface area contributed by atoms with Gasteiger partial charge < -0.3 is 24.1 Å². The highest BCUT2D eigenvalue weighted by atomic mass is 79.9. The molecule has 0 amide bonds. The van der Waals surface area contributed by atoms with Gasteiger partial charge in [-0.25, -0.2) is 0 Å². The molecule has 0 bridgehead atoms. The molecule has 1 N–H and O–H groups in total. The minimum absolute atomic E-state index is 0.145. The summed E-state index contributed by atoms with van der Waals surface area (Å²) in [6.45, 7) is 6.93. The maximum Gasteiger partial charge on any atom is 0.194 e. The van der Waals surface area contributed by atoms with Crippen molar-refractivity contribution in [1.82, 2.24) is 10.2 Å². The van der Waals surface area contributed by atoms with E-state index in [1.54, 1.807) is 0 Å². The molecule has 2 saturated heterocycles. The molecule has 0 spiro atoms. The maximum absolute atomic E-state index is 5.93. The number of ether oxygens (including phenoxy) is 2. The number of furan rings is 1. The minimum atomic E-state index is 0.145. The van der Waals surface area contributed by atoms with Gasteiger partial charge in [-0.3, -0.25) is 4.99 Å². The van der Waals surface area contributed by atoms with Gasteiger partial charge in [0.1, 0.15) is 11.9 Å². The number of hydrogen-bond donors (Lipinski definition) is 1. The Balaban J connectivity index is 1.57. The summed E-state index contributed by atoms with van der Waals surface area (Å²) in [4.78, 5) is 7.05. The molecule has 0 saturated carbocycles. The number of aliphatic imine (C=N–C) groups is 1. The summed E-state index contributed by atoms with van der Waals surface area (Å²) >= 11 is 3.33. The number of rotatable bonds is 5. The van der Waals surface area contributed by atoms with Crippen molar-refractivity contribution in [3.05, 3.63) is 22.6 Å². The van der Waals surface area contributed by atoms with Crippen molar-refractivity contribution in [1.29, 1.82) is 0 Å². The first kappa shape index (κ1) is 17.8. The predicted octanol–water partition coefficient (Wildman–Crippen LogP) is 2.43. The van der Waals surface area contributed by atoms with Crippen LogP contribution >= 0.6 is 15.9 Å². The minimum Gasteiger partial charge on any atom is -0.454 e. The van der Waals surface area contributed by atoms with E-state index >= 15 is 0 Å². The Morgan fingerprint density at radius 3 is 2.92 bits per heavy atom. The molecule has 2 atom stereocenters. The second kappa shape index (κ2) is 8.87. The average Bonchev–Trinajstić information content (AvgIpc) is 3.26. The lowest BCUT2D eigenvalue weighted by Crippen LogP contribution is -2.53. The van der Waals surface area contributed by atoms with E-state index in [9.17, 15) is 0 Å². The molecule has 7 heteroatoms. The van der Waals surface area contributed by atoms with Crippen molar-refractivity contribution < 1.29 is 13.9 Å². The zero-order valence-electron chi connectivity index (χ0n) is 14.2. The first-order chi connectivity index (χ1) is 11.8. The lowest BCUT2D eigenvalue weighted by atomic mass is 10.1. The third-order valence-corrected chi connectivity index (χ3v) is 4.78. The summed E-state index contributed by atoms with van der Waals surface area (Å²) in [5, 5.41) is 3.39. The zero-order valence-corrected chi connectivity index (χ0v) is 15.8. The molecule has 3 rings (SSSR count). The lowest BCUT2D eigenvalue weighted by molar-refractivity contribution is -0.0817. The lowest BCUT2D eigenvalue weighted by Gasteiger charge is -2.37. The van der Waals surface area contributed by atoms with Crippen molar-refractivity contribution in [2.24, 2.45) is 4.99 Å². The van der Waals surface area contributed by atoms with Crippen LogP contribution in [0.5, 0.6) is 0 Å². The molecule has 0 aliphatic carbocycles. The fourth-order valence-corrected chi connectivity index (χ4v) is 3.51. The Kier molecular flexibility index (Phi) is 6.57. The molecule has 2 aliphatic rings.